The Morgan fingerprint density at radius 1 is 1.72 bits per heavy atom. The van der Waals surface area contributed by atoms with Gasteiger partial charge in [0.05, 0.1) is 12.8 Å². The van der Waals surface area contributed by atoms with Crippen molar-refractivity contribution in [1.82, 2.24) is 20.1 Å². The first kappa shape index (κ1) is 11.9. The van der Waals surface area contributed by atoms with Gasteiger partial charge in [0.2, 0.25) is 5.91 Å². The number of aromatic nitrogens is 3. The van der Waals surface area contributed by atoms with E-state index in [4.69, 9.17) is 9.68 Å². The van der Waals surface area contributed by atoms with Crippen LogP contribution in [0.5, 0.6) is 0 Å². The first-order valence-electron chi connectivity index (χ1n) is 5.32. The summed E-state index contributed by atoms with van der Waals surface area (Å²) in [4.78, 5) is 15.6. The fourth-order valence-electron chi connectivity index (χ4n) is 1.37. The molecule has 1 unspecified atom stereocenters. The number of furan rings is 1. The van der Waals surface area contributed by atoms with Gasteiger partial charge in [-0.25, -0.2) is 9.67 Å². The fraction of sp³-hybridized carbons (Fsp3) is 0.273. The van der Waals surface area contributed by atoms with E-state index in [0.29, 0.717) is 12.3 Å². The molecule has 0 aliphatic heterocycles. The first-order valence-corrected chi connectivity index (χ1v) is 5.32. The lowest BCUT2D eigenvalue weighted by molar-refractivity contribution is -0.124. The molecule has 0 saturated carbocycles. The number of nitrogens with one attached hydrogen (secondary N) is 1. The van der Waals surface area contributed by atoms with Crippen molar-refractivity contribution in [3.63, 3.8) is 0 Å². The highest BCUT2D eigenvalue weighted by atomic mass is 16.3. The van der Waals surface area contributed by atoms with Gasteiger partial charge in [-0.05, 0) is 19.1 Å². The minimum atomic E-state index is -0.533. The van der Waals surface area contributed by atoms with Crippen LogP contribution < -0.4 is 5.32 Å². The van der Waals surface area contributed by atoms with Gasteiger partial charge in [-0.3, -0.25) is 4.79 Å². The summed E-state index contributed by atoms with van der Waals surface area (Å²) >= 11 is 0. The summed E-state index contributed by atoms with van der Waals surface area (Å²) in [6, 6.07) is 4.80. The lowest BCUT2D eigenvalue weighted by Crippen LogP contribution is -2.30. The van der Waals surface area contributed by atoms with Crippen LogP contribution in [0.2, 0.25) is 0 Å². The average Bonchev–Trinajstić information content (AvgIpc) is 3.05. The standard InChI is InChI=1S/C11H11N5O2/c1-8(16-7-14-10(5-12)15-16)11(17)13-6-9-3-2-4-18-9/h2-4,7-8H,6H2,1H3,(H,13,17). The molecule has 1 amide bonds. The Labute approximate surface area is 103 Å². The molecule has 0 aliphatic carbocycles. The zero-order valence-corrected chi connectivity index (χ0v) is 9.70. The smallest absolute Gasteiger partial charge is 0.252 e. The third-order valence-electron chi connectivity index (χ3n) is 2.40. The number of nitriles is 1. The van der Waals surface area contributed by atoms with E-state index in [1.54, 1.807) is 31.4 Å². The quantitative estimate of drug-likeness (QED) is 0.851. The molecule has 1 N–H and O–H groups in total. The topological polar surface area (TPSA) is 96.7 Å². The van der Waals surface area contributed by atoms with E-state index in [1.807, 2.05) is 0 Å². The maximum Gasteiger partial charge on any atom is 0.252 e. The second-order valence-corrected chi connectivity index (χ2v) is 3.63. The predicted molar refractivity (Wildman–Crippen MR) is 60.0 cm³/mol. The van der Waals surface area contributed by atoms with Gasteiger partial charge >= 0.3 is 0 Å². The molecule has 2 aromatic heterocycles. The van der Waals surface area contributed by atoms with Crippen molar-refractivity contribution in [2.75, 3.05) is 0 Å². The van der Waals surface area contributed by atoms with E-state index in [9.17, 15) is 4.79 Å². The molecule has 2 heterocycles. The van der Waals surface area contributed by atoms with Crippen LogP contribution in [0.15, 0.2) is 29.1 Å². The Balaban J connectivity index is 1.94. The maximum atomic E-state index is 11.8. The fourth-order valence-corrected chi connectivity index (χ4v) is 1.37. The molecule has 0 saturated heterocycles. The molecule has 0 aliphatic rings. The third-order valence-corrected chi connectivity index (χ3v) is 2.40. The van der Waals surface area contributed by atoms with Crippen LogP contribution in [0.25, 0.3) is 0 Å². The lowest BCUT2D eigenvalue weighted by Gasteiger charge is -2.10. The number of carbonyl (C=O) groups excluding carboxylic acids is 1. The van der Waals surface area contributed by atoms with Gasteiger partial charge in [0.1, 0.15) is 24.2 Å². The summed E-state index contributed by atoms with van der Waals surface area (Å²) in [6.45, 7) is 1.99. The maximum absolute atomic E-state index is 11.8. The summed E-state index contributed by atoms with van der Waals surface area (Å²) in [5.74, 6) is 0.494. The number of carbonyl (C=O) groups is 1. The average molecular weight is 245 g/mol. The summed E-state index contributed by atoms with van der Waals surface area (Å²) in [7, 11) is 0. The van der Waals surface area contributed by atoms with Crippen molar-refractivity contribution in [2.24, 2.45) is 0 Å². The van der Waals surface area contributed by atoms with Crippen molar-refractivity contribution in [2.45, 2.75) is 19.5 Å². The second-order valence-electron chi connectivity index (χ2n) is 3.63. The van der Waals surface area contributed by atoms with Crippen LogP contribution in [0, 0.1) is 11.3 Å². The molecule has 0 spiro atoms. The molecular weight excluding hydrogens is 234 g/mol. The lowest BCUT2D eigenvalue weighted by atomic mass is 10.3. The molecule has 0 fully saturated rings. The van der Waals surface area contributed by atoms with Crippen molar-refractivity contribution in [1.29, 1.82) is 5.26 Å². The molecule has 18 heavy (non-hydrogen) atoms. The van der Waals surface area contributed by atoms with Crippen LogP contribution >= 0.6 is 0 Å². The Kier molecular flexibility index (Phi) is 3.38. The first-order chi connectivity index (χ1) is 8.70. The van der Waals surface area contributed by atoms with Gasteiger partial charge in [0.15, 0.2) is 0 Å². The van der Waals surface area contributed by atoms with E-state index >= 15 is 0 Å². The summed E-state index contributed by atoms with van der Waals surface area (Å²) in [6.07, 6.45) is 2.90. The third kappa shape index (κ3) is 2.55. The Morgan fingerprint density at radius 3 is 3.17 bits per heavy atom. The van der Waals surface area contributed by atoms with Gasteiger partial charge in [-0.2, -0.15) is 5.26 Å². The highest BCUT2D eigenvalue weighted by molar-refractivity contribution is 5.79. The van der Waals surface area contributed by atoms with Crippen LogP contribution in [0.3, 0.4) is 0 Å². The van der Waals surface area contributed by atoms with Crippen molar-refractivity contribution in [3.8, 4) is 6.07 Å². The van der Waals surface area contributed by atoms with Gasteiger partial charge in [0, 0.05) is 0 Å². The van der Waals surface area contributed by atoms with Crippen molar-refractivity contribution < 1.29 is 9.21 Å². The number of hydrogen-bond acceptors (Lipinski definition) is 5. The second kappa shape index (κ2) is 5.14. The van der Waals surface area contributed by atoms with E-state index in [1.165, 1.54) is 11.0 Å². The van der Waals surface area contributed by atoms with E-state index in [2.05, 4.69) is 15.4 Å². The number of nitrogens with zero attached hydrogens (tertiary/aromatic N) is 4. The Hall–Kier alpha value is -2.62. The molecule has 0 bridgehead atoms. The normalized spacial score (nSPS) is 11.8. The molecule has 0 aromatic carbocycles. The Morgan fingerprint density at radius 2 is 2.56 bits per heavy atom. The van der Waals surface area contributed by atoms with Gasteiger partial charge in [-0.1, -0.05) is 0 Å². The number of hydrogen-bond donors (Lipinski definition) is 1. The highest BCUT2D eigenvalue weighted by Crippen LogP contribution is 2.05. The van der Waals surface area contributed by atoms with Gasteiger partial charge in [0.25, 0.3) is 5.82 Å². The SMILES string of the molecule is CC(C(=O)NCc1ccco1)n1cnc(C#N)n1. The van der Waals surface area contributed by atoms with Crippen molar-refractivity contribution >= 4 is 5.91 Å². The van der Waals surface area contributed by atoms with E-state index < -0.39 is 6.04 Å². The van der Waals surface area contributed by atoms with Crippen LogP contribution in [0.1, 0.15) is 24.6 Å². The van der Waals surface area contributed by atoms with E-state index in [0.717, 1.165) is 0 Å². The summed E-state index contributed by atoms with van der Waals surface area (Å²) < 4.78 is 6.44. The van der Waals surface area contributed by atoms with Crippen LogP contribution in [-0.2, 0) is 11.3 Å². The molecule has 7 heteroatoms. The van der Waals surface area contributed by atoms with Crippen molar-refractivity contribution in [3.05, 3.63) is 36.3 Å². The predicted octanol–water partition coefficient (Wildman–Crippen LogP) is 0.620. The molecule has 2 aromatic rings. The van der Waals surface area contributed by atoms with Gasteiger partial charge in [-0.15, -0.1) is 5.10 Å². The summed E-state index contributed by atoms with van der Waals surface area (Å²) in [5, 5.41) is 15.2. The monoisotopic (exact) mass is 245 g/mol. The Bertz CT molecular complexity index is 567. The van der Waals surface area contributed by atoms with Gasteiger partial charge < -0.3 is 9.73 Å². The molecule has 92 valence electrons. The number of amides is 1. The van der Waals surface area contributed by atoms with E-state index in [-0.39, 0.29) is 11.7 Å². The zero-order valence-electron chi connectivity index (χ0n) is 9.70. The largest absolute Gasteiger partial charge is 0.467 e. The minimum Gasteiger partial charge on any atom is -0.467 e. The highest BCUT2D eigenvalue weighted by Gasteiger charge is 2.16. The van der Waals surface area contributed by atoms with Crippen LogP contribution in [0.4, 0.5) is 0 Å². The molecule has 7 nitrogen and oxygen atoms in total. The zero-order chi connectivity index (χ0) is 13.0. The molecule has 1 atom stereocenters. The molecule has 0 radical (unpaired) electrons. The number of rotatable bonds is 4. The molecular formula is C11H11N5O2. The summed E-state index contributed by atoms with van der Waals surface area (Å²) in [5.41, 5.74) is 0. The molecule has 2 rings (SSSR count). The van der Waals surface area contributed by atoms with Crippen LogP contribution in [-0.4, -0.2) is 20.7 Å². The minimum absolute atomic E-state index is 0.0423.